The number of hydrogen-bond acceptors (Lipinski definition) is 2. The third kappa shape index (κ3) is 3.63. The number of nitrogens with zero attached hydrogens (tertiary/aromatic N) is 1. The molecule has 0 radical (unpaired) electrons. The molecule has 1 heterocycles. The number of hydrogen-bond donors (Lipinski definition) is 2. The fraction of sp³-hybridized carbons (Fsp3) is 0.462. The molecule has 0 aliphatic carbocycles. The van der Waals surface area contributed by atoms with Crippen LogP contribution in [0.3, 0.4) is 0 Å². The van der Waals surface area contributed by atoms with Crippen molar-refractivity contribution in [2.75, 3.05) is 18.4 Å². The van der Waals surface area contributed by atoms with E-state index in [-0.39, 0.29) is 12.1 Å². The minimum absolute atomic E-state index is 0.314. The fourth-order valence-electron chi connectivity index (χ4n) is 2.01. The summed E-state index contributed by atoms with van der Waals surface area (Å²) in [4.78, 5) is 13.4. The molecule has 110 valence electrons. The number of carbonyl (C=O) groups is 1. The summed E-state index contributed by atoms with van der Waals surface area (Å²) in [6, 6.07) is 3.93. The number of piperidine rings is 1. The van der Waals surface area contributed by atoms with Crippen LogP contribution in [0.15, 0.2) is 24.3 Å². The van der Waals surface area contributed by atoms with Crippen LogP contribution < -0.4 is 5.32 Å². The molecular weight excluding hydrogens is 273 g/mol. The third-order valence-electron chi connectivity index (χ3n) is 3.22. The predicted octanol–water partition coefficient (Wildman–Crippen LogP) is 2.69. The second kappa shape index (κ2) is 5.70. The average Bonchev–Trinajstić information content (AvgIpc) is 2.39. The molecule has 7 heteroatoms. The van der Waals surface area contributed by atoms with Crippen LogP contribution in [0.2, 0.25) is 0 Å². The number of rotatable bonds is 1. The van der Waals surface area contributed by atoms with Crippen LogP contribution in [0, 0.1) is 0 Å². The van der Waals surface area contributed by atoms with Gasteiger partial charge >= 0.3 is 12.2 Å². The van der Waals surface area contributed by atoms with Crippen molar-refractivity contribution in [1.29, 1.82) is 0 Å². The number of alkyl halides is 3. The fourth-order valence-corrected chi connectivity index (χ4v) is 2.01. The first-order valence-corrected chi connectivity index (χ1v) is 6.27. The Hall–Kier alpha value is -1.76. The molecule has 1 aliphatic rings. The molecular formula is C13H15F3N2O2. The number of aliphatic hydroxyl groups excluding tert-OH is 1. The first-order valence-electron chi connectivity index (χ1n) is 6.27. The van der Waals surface area contributed by atoms with Gasteiger partial charge in [0, 0.05) is 18.8 Å². The van der Waals surface area contributed by atoms with Crippen molar-refractivity contribution < 1.29 is 23.1 Å². The summed E-state index contributed by atoms with van der Waals surface area (Å²) in [5.41, 5.74) is -0.439. The number of carbonyl (C=O) groups excluding carboxylic acids is 1. The van der Waals surface area contributed by atoms with Crippen LogP contribution in [0.4, 0.5) is 23.7 Å². The molecule has 1 aliphatic heterocycles. The summed E-state index contributed by atoms with van der Waals surface area (Å²) in [6.45, 7) is 0.876. The number of aliphatic hydroxyl groups is 1. The molecule has 1 aromatic carbocycles. The molecule has 2 rings (SSSR count). The standard InChI is InChI=1S/C13H15F3N2O2/c14-13(15,16)9-1-3-10(4-2-9)17-12(20)18-7-5-11(19)6-8-18/h1-4,11,19H,5-8H2,(H,17,20). The number of benzene rings is 1. The molecule has 0 unspecified atom stereocenters. The Bertz CT molecular complexity index is 465. The lowest BCUT2D eigenvalue weighted by molar-refractivity contribution is -0.137. The zero-order valence-corrected chi connectivity index (χ0v) is 10.7. The minimum atomic E-state index is -4.38. The lowest BCUT2D eigenvalue weighted by Gasteiger charge is -2.29. The molecule has 0 bridgehead atoms. The van der Waals surface area contributed by atoms with Crippen LogP contribution in [-0.2, 0) is 6.18 Å². The largest absolute Gasteiger partial charge is 0.416 e. The number of nitrogens with one attached hydrogen (secondary N) is 1. The summed E-state index contributed by atoms with van der Waals surface area (Å²) < 4.78 is 37.2. The van der Waals surface area contributed by atoms with Crippen molar-refractivity contribution >= 4 is 11.7 Å². The van der Waals surface area contributed by atoms with Crippen molar-refractivity contribution in [2.24, 2.45) is 0 Å². The molecule has 0 aromatic heterocycles. The third-order valence-corrected chi connectivity index (χ3v) is 3.22. The zero-order chi connectivity index (χ0) is 14.8. The van der Waals surface area contributed by atoms with Gasteiger partial charge in [-0.25, -0.2) is 4.79 Å². The van der Waals surface area contributed by atoms with E-state index in [0.717, 1.165) is 12.1 Å². The first-order chi connectivity index (χ1) is 9.36. The van der Waals surface area contributed by atoms with Gasteiger partial charge < -0.3 is 15.3 Å². The Kier molecular flexibility index (Phi) is 4.17. The highest BCUT2D eigenvalue weighted by molar-refractivity contribution is 5.89. The SMILES string of the molecule is O=C(Nc1ccc(C(F)(F)F)cc1)N1CCC(O)CC1. The van der Waals surface area contributed by atoms with E-state index in [9.17, 15) is 23.1 Å². The quantitative estimate of drug-likeness (QED) is 0.834. The van der Waals surface area contributed by atoms with E-state index in [2.05, 4.69) is 5.32 Å². The van der Waals surface area contributed by atoms with Crippen molar-refractivity contribution in [2.45, 2.75) is 25.1 Å². The van der Waals surface area contributed by atoms with E-state index in [1.807, 2.05) is 0 Å². The van der Waals surface area contributed by atoms with Gasteiger partial charge in [-0.15, -0.1) is 0 Å². The van der Waals surface area contributed by atoms with Gasteiger partial charge in [-0.3, -0.25) is 0 Å². The topological polar surface area (TPSA) is 52.6 Å². The second-order valence-electron chi connectivity index (χ2n) is 4.72. The Balaban J connectivity index is 1.94. The number of halogens is 3. The summed E-state index contributed by atoms with van der Waals surface area (Å²) in [6.07, 6.45) is -3.74. The molecule has 0 spiro atoms. The molecule has 1 fully saturated rings. The molecule has 0 atom stereocenters. The van der Waals surface area contributed by atoms with E-state index in [1.54, 1.807) is 0 Å². The lowest BCUT2D eigenvalue weighted by atomic mass is 10.1. The number of likely N-dealkylation sites (tertiary alicyclic amines) is 1. The van der Waals surface area contributed by atoms with E-state index in [0.29, 0.717) is 31.6 Å². The lowest BCUT2D eigenvalue weighted by Crippen LogP contribution is -2.42. The monoisotopic (exact) mass is 288 g/mol. The zero-order valence-electron chi connectivity index (χ0n) is 10.7. The van der Waals surface area contributed by atoms with E-state index in [4.69, 9.17) is 0 Å². The van der Waals surface area contributed by atoms with Gasteiger partial charge in [0.05, 0.1) is 11.7 Å². The number of urea groups is 1. The molecule has 4 nitrogen and oxygen atoms in total. The maximum absolute atomic E-state index is 12.4. The van der Waals surface area contributed by atoms with Crippen molar-refractivity contribution in [3.63, 3.8) is 0 Å². The van der Waals surface area contributed by atoms with E-state index < -0.39 is 11.7 Å². The van der Waals surface area contributed by atoms with Crippen LogP contribution in [-0.4, -0.2) is 35.2 Å². The predicted molar refractivity (Wildman–Crippen MR) is 67.3 cm³/mol. The minimum Gasteiger partial charge on any atom is -0.393 e. The van der Waals surface area contributed by atoms with Gasteiger partial charge in [0.1, 0.15) is 0 Å². The normalized spacial score (nSPS) is 17.1. The van der Waals surface area contributed by atoms with Crippen molar-refractivity contribution in [3.8, 4) is 0 Å². The molecule has 0 saturated carbocycles. The van der Waals surface area contributed by atoms with Crippen molar-refractivity contribution in [3.05, 3.63) is 29.8 Å². The smallest absolute Gasteiger partial charge is 0.393 e. The molecule has 2 N–H and O–H groups in total. The molecule has 1 saturated heterocycles. The maximum atomic E-state index is 12.4. The second-order valence-corrected chi connectivity index (χ2v) is 4.72. The van der Waals surface area contributed by atoms with Crippen LogP contribution in [0.5, 0.6) is 0 Å². The molecule has 20 heavy (non-hydrogen) atoms. The Morgan fingerprint density at radius 1 is 1.20 bits per heavy atom. The van der Waals surface area contributed by atoms with Gasteiger partial charge in [-0.1, -0.05) is 0 Å². The summed E-state index contributed by atoms with van der Waals surface area (Å²) in [5, 5.41) is 11.9. The molecule has 1 aromatic rings. The highest BCUT2D eigenvalue weighted by Gasteiger charge is 2.30. The number of amides is 2. The highest BCUT2D eigenvalue weighted by Crippen LogP contribution is 2.29. The van der Waals surface area contributed by atoms with Crippen LogP contribution >= 0.6 is 0 Å². The van der Waals surface area contributed by atoms with Gasteiger partial charge in [-0.05, 0) is 37.1 Å². The van der Waals surface area contributed by atoms with Crippen LogP contribution in [0.1, 0.15) is 18.4 Å². The number of anilines is 1. The summed E-state index contributed by atoms with van der Waals surface area (Å²) >= 11 is 0. The van der Waals surface area contributed by atoms with Crippen LogP contribution in [0.25, 0.3) is 0 Å². The highest BCUT2D eigenvalue weighted by atomic mass is 19.4. The van der Waals surface area contributed by atoms with Crippen molar-refractivity contribution in [1.82, 2.24) is 4.90 Å². The van der Waals surface area contributed by atoms with Gasteiger partial charge in [0.15, 0.2) is 0 Å². The Morgan fingerprint density at radius 2 is 1.75 bits per heavy atom. The maximum Gasteiger partial charge on any atom is 0.416 e. The average molecular weight is 288 g/mol. The van der Waals surface area contributed by atoms with Gasteiger partial charge in [-0.2, -0.15) is 13.2 Å². The van der Waals surface area contributed by atoms with E-state index >= 15 is 0 Å². The molecule has 2 amide bonds. The first kappa shape index (κ1) is 14.6. The Morgan fingerprint density at radius 3 is 2.25 bits per heavy atom. The summed E-state index contributed by atoms with van der Waals surface area (Å²) in [7, 11) is 0. The summed E-state index contributed by atoms with van der Waals surface area (Å²) in [5.74, 6) is 0. The van der Waals surface area contributed by atoms with Gasteiger partial charge in [0.2, 0.25) is 0 Å². The van der Waals surface area contributed by atoms with Gasteiger partial charge in [0.25, 0.3) is 0 Å². The Labute approximate surface area is 114 Å². The van der Waals surface area contributed by atoms with E-state index in [1.165, 1.54) is 17.0 Å².